The summed E-state index contributed by atoms with van der Waals surface area (Å²) in [7, 11) is 0. The zero-order valence-electron chi connectivity index (χ0n) is 29.2. The van der Waals surface area contributed by atoms with E-state index in [-0.39, 0.29) is 48.3 Å². The molecule has 0 aliphatic carbocycles. The number of epoxide rings is 1. The molecule has 0 saturated carbocycles. The minimum atomic E-state index is -1.06. The first-order valence-corrected chi connectivity index (χ1v) is 16.8. The van der Waals surface area contributed by atoms with Crippen molar-refractivity contribution in [2.75, 3.05) is 13.2 Å². The summed E-state index contributed by atoms with van der Waals surface area (Å²) in [4.78, 5) is 48.8. The third kappa shape index (κ3) is 11.5. The van der Waals surface area contributed by atoms with Crippen molar-refractivity contribution in [1.82, 2.24) is 16.0 Å². The van der Waals surface area contributed by atoms with Crippen LogP contribution in [0.5, 0.6) is 0 Å². The molecule has 4 N–H and O–H groups in total. The highest BCUT2D eigenvalue weighted by Crippen LogP contribution is 2.43. The van der Waals surface area contributed by atoms with Gasteiger partial charge in [-0.2, -0.15) is 0 Å². The highest BCUT2D eigenvalue weighted by atomic mass is 16.6. The maximum Gasteiger partial charge on any atom is 0.303 e. The first-order valence-electron chi connectivity index (χ1n) is 16.8. The molecule has 0 bridgehead atoms. The smallest absolute Gasteiger partial charge is 0.303 e. The number of allylic oxidation sites excluding steroid dienone is 2. The minimum absolute atomic E-state index is 0.0307. The Morgan fingerprint density at radius 1 is 1.13 bits per heavy atom. The normalized spacial score (nSPS) is 31.9. The predicted molar refractivity (Wildman–Crippen MR) is 176 cm³/mol. The number of esters is 1. The van der Waals surface area contributed by atoms with Gasteiger partial charge in [0.2, 0.25) is 17.7 Å². The maximum absolute atomic E-state index is 12.9. The summed E-state index contributed by atoms with van der Waals surface area (Å²) >= 11 is 0. The molecule has 3 aliphatic heterocycles. The summed E-state index contributed by atoms with van der Waals surface area (Å²) in [5, 5.41) is 19.6. The topological polar surface area (TPSA) is 165 Å². The lowest BCUT2D eigenvalue weighted by molar-refractivity contribution is -0.147. The van der Waals surface area contributed by atoms with E-state index in [4.69, 9.17) is 18.9 Å². The van der Waals surface area contributed by atoms with E-state index in [1.807, 2.05) is 26.8 Å². The van der Waals surface area contributed by atoms with Gasteiger partial charge in [-0.1, -0.05) is 37.6 Å². The molecule has 0 aromatic carbocycles. The van der Waals surface area contributed by atoms with Crippen LogP contribution in [0.3, 0.4) is 0 Å². The molecule has 9 atom stereocenters. The summed E-state index contributed by atoms with van der Waals surface area (Å²) in [6.07, 6.45) is 8.68. The predicted octanol–water partition coefficient (Wildman–Crippen LogP) is 2.78. The van der Waals surface area contributed by atoms with E-state index < -0.39 is 41.5 Å². The van der Waals surface area contributed by atoms with Gasteiger partial charge in [0.25, 0.3) is 0 Å². The number of ether oxygens (including phenoxy) is 4. The number of hydrogen-bond acceptors (Lipinski definition) is 9. The maximum atomic E-state index is 12.9. The van der Waals surface area contributed by atoms with Gasteiger partial charge in [-0.15, -0.1) is 0 Å². The van der Waals surface area contributed by atoms with Gasteiger partial charge in [-0.05, 0) is 65.9 Å². The Morgan fingerprint density at radius 2 is 1.83 bits per heavy atom. The van der Waals surface area contributed by atoms with Gasteiger partial charge in [0.1, 0.15) is 29.5 Å². The number of hydrogen-bond donors (Lipinski definition) is 4. The van der Waals surface area contributed by atoms with Crippen LogP contribution in [-0.2, 0) is 38.1 Å². The van der Waals surface area contributed by atoms with Gasteiger partial charge in [-0.3, -0.25) is 19.2 Å². The number of nitrogens with one attached hydrogen (secondary N) is 3. The van der Waals surface area contributed by atoms with Crippen molar-refractivity contribution >= 4 is 23.7 Å². The summed E-state index contributed by atoms with van der Waals surface area (Å²) in [6.45, 7) is 15.3. The molecule has 3 rings (SSSR count). The minimum Gasteiger partial charge on any atom is -0.459 e. The number of amides is 3. The average Bonchev–Trinajstić information content (AvgIpc) is 3.75. The Hall–Kier alpha value is -3.06. The number of carbonyl (C=O) groups is 4. The molecule has 3 amide bonds. The van der Waals surface area contributed by atoms with Crippen LogP contribution in [0.25, 0.3) is 0 Å². The van der Waals surface area contributed by atoms with E-state index >= 15 is 0 Å². The molecule has 47 heavy (non-hydrogen) atoms. The van der Waals surface area contributed by atoms with Crippen molar-refractivity contribution in [1.29, 1.82) is 0 Å². The van der Waals surface area contributed by atoms with Crippen LogP contribution in [0.2, 0.25) is 0 Å². The Balaban J connectivity index is 1.52. The summed E-state index contributed by atoms with van der Waals surface area (Å²) in [6, 6.07) is -0.145. The zero-order valence-corrected chi connectivity index (χ0v) is 29.2. The molecule has 0 aromatic rings. The van der Waals surface area contributed by atoms with Crippen molar-refractivity contribution in [2.24, 2.45) is 5.92 Å². The van der Waals surface area contributed by atoms with E-state index in [9.17, 15) is 24.3 Å². The summed E-state index contributed by atoms with van der Waals surface area (Å²) in [5.74, 6) is -1.02. The zero-order chi connectivity index (χ0) is 34.9. The summed E-state index contributed by atoms with van der Waals surface area (Å²) < 4.78 is 23.1. The van der Waals surface area contributed by atoms with Crippen LogP contribution in [0.15, 0.2) is 36.0 Å². The second kappa shape index (κ2) is 16.9. The molecule has 0 aromatic heterocycles. The SMILES string of the molecule is CCCNC(=O)C(C)(C)NC(=O)C[C@@H]1C[C@@]2(CO2)[C@H](O)[C@@H](C=CC(C)=CC[C@@H]2O[C@H](C)[C@H](NC(=O)C=CC(C)OC(C)=O)C[C@@H]2C)O1. The molecule has 3 heterocycles. The largest absolute Gasteiger partial charge is 0.459 e. The fourth-order valence-electron chi connectivity index (χ4n) is 6.01. The molecule has 3 aliphatic rings. The van der Waals surface area contributed by atoms with Gasteiger partial charge < -0.3 is 40.0 Å². The van der Waals surface area contributed by atoms with Gasteiger partial charge in [0.15, 0.2) is 0 Å². The van der Waals surface area contributed by atoms with Crippen LogP contribution >= 0.6 is 0 Å². The van der Waals surface area contributed by atoms with Gasteiger partial charge >= 0.3 is 5.97 Å². The molecule has 0 radical (unpaired) electrons. The third-order valence-electron chi connectivity index (χ3n) is 8.89. The first kappa shape index (κ1) is 38.4. The van der Waals surface area contributed by atoms with Crippen LogP contribution < -0.4 is 16.0 Å². The van der Waals surface area contributed by atoms with Crippen molar-refractivity contribution in [3.8, 4) is 0 Å². The van der Waals surface area contributed by atoms with Crippen molar-refractivity contribution in [3.63, 3.8) is 0 Å². The lowest BCUT2D eigenvalue weighted by atomic mass is 9.87. The molecule has 1 spiro atoms. The number of rotatable bonds is 14. The molecule has 12 nitrogen and oxygen atoms in total. The van der Waals surface area contributed by atoms with Crippen LogP contribution in [-0.4, -0.2) is 95.8 Å². The lowest BCUT2D eigenvalue weighted by Crippen LogP contribution is -2.56. The van der Waals surface area contributed by atoms with Crippen molar-refractivity contribution in [2.45, 2.75) is 141 Å². The van der Waals surface area contributed by atoms with E-state index in [2.05, 4.69) is 29.0 Å². The molecule has 3 saturated heterocycles. The Morgan fingerprint density at radius 3 is 2.47 bits per heavy atom. The number of carbonyl (C=O) groups excluding carboxylic acids is 4. The first-order chi connectivity index (χ1) is 22.0. The standard InChI is InChI=1S/C35H55N3O9/c1-9-16-36-33(43)34(7,8)38-31(41)18-26-19-35(20-44-35)32(42)29(47-26)14-11-21(2)10-13-28-22(3)17-27(24(5)46-28)37-30(40)15-12-23(4)45-25(6)39/h10-12,14-15,22-24,26-29,32,42H,9,13,16-20H2,1-8H3,(H,36,43)(H,37,40)(H,38,41)/t22-,23?,24+,26+,27+,28-,29+,32+,35+/m0/s1. The molecule has 1 unspecified atom stereocenters. The highest BCUT2D eigenvalue weighted by molar-refractivity contribution is 5.90. The van der Waals surface area contributed by atoms with E-state index in [0.717, 1.165) is 18.4 Å². The number of aliphatic hydroxyl groups is 1. The van der Waals surface area contributed by atoms with Crippen molar-refractivity contribution < 1.29 is 43.2 Å². The fourth-order valence-corrected chi connectivity index (χ4v) is 6.01. The second-order valence-electron chi connectivity index (χ2n) is 13.8. The quantitative estimate of drug-likeness (QED) is 0.0948. The second-order valence-corrected chi connectivity index (χ2v) is 13.8. The lowest BCUT2D eigenvalue weighted by Gasteiger charge is -2.39. The van der Waals surface area contributed by atoms with Crippen LogP contribution in [0, 0.1) is 5.92 Å². The molecule has 3 fully saturated rings. The van der Waals surface area contributed by atoms with E-state index in [0.29, 0.717) is 26.0 Å². The highest BCUT2D eigenvalue weighted by Gasteiger charge is 2.58. The average molecular weight is 662 g/mol. The van der Waals surface area contributed by atoms with Gasteiger partial charge in [0.05, 0.1) is 37.4 Å². The summed E-state index contributed by atoms with van der Waals surface area (Å²) in [5.41, 5.74) is -0.823. The number of aliphatic hydroxyl groups excluding tert-OH is 1. The Labute approximate surface area is 279 Å². The molecule has 264 valence electrons. The van der Waals surface area contributed by atoms with E-state index in [1.54, 1.807) is 32.9 Å². The van der Waals surface area contributed by atoms with Crippen LogP contribution in [0.1, 0.15) is 87.5 Å². The molecular weight excluding hydrogens is 606 g/mol. The van der Waals surface area contributed by atoms with Crippen molar-refractivity contribution in [3.05, 3.63) is 36.0 Å². The van der Waals surface area contributed by atoms with Gasteiger partial charge in [0, 0.05) is 26.0 Å². The van der Waals surface area contributed by atoms with Gasteiger partial charge in [-0.25, -0.2) is 0 Å². The fraction of sp³-hybridized carbons (Fsp3) is 0.714. The third-order valence-corrected chi connectivity index (χ3v) is 8.89. The molecular formula is C35H55N3O9. The van der Waals surface area contributed by atoms with E-state index in [1.165, 1.54) is 13.0 Å². The Bertz CT molecular complexity index is 1210. The van der Waals surface area contributed by atoms with Crippen LogP contribution in [0.4, 0.5) is 0 Å². The monoisotopic (exact) mass is 661 g/mol. The molecule has 12 heteroatoms. The Kier molecular flexibility index (Phi) is 13.8.